The summed E-state index contributed by atoms with van der Waals surface area (Å²) in [6.45, 7) is -0.654. The third-order valence-corrected chi connectivity index (χ3v) is 2.85. The van der Waals surface area contributed by atoms with Crippen LogP contribution in [0.15, 0.2) is 11.1 Å². The molecule has 3 nitrogen and oxygen atoms in total. The first-order valence-corrected chi connectivity index (χ1v) is 4.66. The number of nitrogens with zero attached hydrogens (tertiary/aromatic N) is 2. The molecule has 0 N–H and O–H groups in total. The Morgan fingerprint density at radius 2 is 2.31 bits per heavy atom. The molecule has 0 aliphatic heterocycles. The lowest BCUT2D eigenvalue weighted by Crippen LogP contribution is -2.25. The minimum absolute atomic E-state index is 0.0381. The second kappa shape index (κ2) is 4.32. The Balaban J connectivity index is 3.12. The van der Waals surface area contributed by atoms with Crippen LogP contribution >= 0.6 is 34.2 Å². The van der Waals surface area contributed by atoms with E-state index in [-0.39, 0.29) is 8.72 Å². The van der Waals surface area contributed by atoms with Crippen molar-refractivity contribution in [2.24, 2.45) is 0 Å². The number of aromatic nitrogens is 2. The molecule has 0 unspecified atom stereocenters. The van der Waals surface area contributed by atoms with Crippen LogP contribution in [0.25, 0.3) is 0 Å². The zero-order valence-electron chi connectivity index (χ0n) is 6.18. The zero-order valence-corrected chi connectivity index (χ0v) is 9.09. The van der Waals surface area contributed by atoms with E-state index in [4.69, 9.17) is 11.6 Å². The van der Waals surface area contributed by atoms with Gasteiger partial charge in [0, 0.05) is 0 Å². The lowest BCUT2D eigenvalue weighted by molar-refractivity contribution is 0.124. The molecule has 0 spiro atoms. The lowest BCUT2D eigenvalue weighted by atomic mass is 10.6. The molecule has 1 aromatic heterocycles. The van der Waals surface area contributed by atoms with Crippen LogP contribution in [0.1, 0.15) is 0 Å². The number of hydrogen-bond acceptors (Lipinski definition) is 2. The molecule has 13 heavy (non-hydrogen) atoms. The van der Waals surface area contributed by atoms with E-state index in [9.17, 15) is 13.6 Å². The van der Waals surface area contributed by atoms with Crippen LogP contribution in [0, 0.1) is 3.57 Å². The smallest absolute Gasteiger partial charge is 0.268 e. The molecular weight excluding hydrogens is 316 g/mol. The van der Waals surface area contributed by atoms with Gasteiger partial charge in [0.25, 0.3) is 12.0 Å². The van der Waals surface area contributed by atoms with E-state index >= 15 is 0 Å². The fraction of sp³-hybridized carbons (Fsp3) is 0.333. The first-order valence-electron chi connectivity index (χ1n) is 3.21. The highest BCUT2D eigenvalue weighted by Gasteiger charge is 2.10. The van der Waals surface area contributed by atoms with Crippen LogP contribution in [0.4, 0.5) is 8.78 Å². The van der Waals surface area contributed by atoms with Crippen LogP contribution in [-0.2, 0) is 6.54 Å². The predicted molar refractivity (Wildman–Crippen MR) is 52.2 cm³/mol. The van der Waals surface area contributed by atoms with Crippen LogP contribution in [-0.4, -0.2) is 16.0 Å². The van der Waals surface area contributed by atoms with Crippen molar-refractivity contribution >= 4 is 34.2 Å². The Kier molecular flexibility index (Phi) is 3.60. The summed E-state index contributed by atoms with van der Waals surface area (Å²) >= 11 is 7.17. The van der Waals surface area contributed by atoms with Gasteiger partial charge < -0.3 is 0 Å². The molecule has 1 heterocycles. The highest BCUT2D eigenvalue weighted by molar-refractivity contribution is 14.1. The molecular formula is C6H4ClF2IN2O. The molecule has 0 aromatic carbocycles. The van der Waals surface area contributed by atoms with Gasteiger partial charge in [-0.25, -0.2) is 13.8 Å². The van der Waals surface area contributed by atoms with Gasteiger partial charge >= 0.3 is 0 Å². The highest BCUT2D eigenvalue weighted by Crippen LogP contribution is 2.09. The molecule has 0 amide bonds. The quantitative estimate of drug-likeness (QED) is 0.615. The van der Waals surface area contributed by atoms with Crippen molar-refractivity contribution in [2.75, 3.05) is 0 Å². The molecule has 72 valence electrons. The van der Waals surface area contributed by atoms with Crippen molar-refractivity contribution in [2.45, 2.75) is 13.0 Å². The van der Waals surface area contributed by atoms with Crippen molar-refractivity contribution in [3.63, 3.8) is 0 Å². The minimum atomic E-state index is -2.57. The van der Waals surface area contributed by atoms with E-state index in [0.717, 1.165) is 10.9 Å². The first kappa shape index (κ1) is 10.8. The summed E-state index contributed by atoms with van der Waals surface area (Å²) in [5.41, 5.74) is -0.541. The van der Waals surface area contributed by atoms with Crippen molar-refractivity contribution in [3.05, 3.63) is 25.4 Å². The zero-order chi connectivity index (χ0) is 10.0. The Hall–Kier alpha value is -0.240. The molecule has 0 bridgehead atoms. The van der Waals surface area contributed by atoms with Crippen LogP contribution in [0.5, 0.6) is 0 Å². The van der Waals surface area contributed by atoms with Crippen LogP contribution in [0.2, 0.25) is 5.15 Å². The Morgan fingerprint density at radius 1 is 1.69 bits per heavy atom. The van der Waals surface area contributed by atoms with Gasteiger partial charge in [0.15, 0.2) is 0 Å². The van der Waals surface area contributed by atoms with Crippen LogP contribution in [0.3, 0.4) is 0 Å². The largest absolute Gasteiger partial charge is 0.292 e. The molecule has 1 rings (SSSR count). The third-order valence-electron chi connectivity index (χ3n) is 1.27. The van der Waals surface area contributed by atoms with Gasteiger partial charge in [0.1, 0.15) is 8.72 Å². The molecule has 0 aliphatic carbocycles. The maximum atomic E-state index is 11.9. The number of hydrogen-bond donors (Lipinski definition) is 0. The summed E-state index contributed by atoms with van der Waals surface area (Å²) in [4.78, 5) is 14.8. The predicted octanol–water partition coefficient (Wildman–Crippen LogP) is 1.77. The third kappa shape index (κ3) is 2.60. The average molecular weight is 320 g/mol. The van der Waals surface area contributed by atoms with E-state index < -0.39 is 18.5 Å². The van der Waals surface area contributed by atoms with Crippen molar-refractivity contribution in [1.29, 1.82) is 0 Å². The maximum absolute atomic E-state index is 11.9. The maximum Gasteiger partial charge on any atom is 0.268 e. The Morgan fingerprint density at radius 3 is 2.85 bits per heavy atom. The summed E-state index contributed by atoms with van der Waals surface area (Å²) in [7, 11) is 0. The Bertz CT molecular complexity index is 368. The monoisotopic (exact) mass is 320 g/mol. The van der Waals surface area contributed by atoms with Gasteiger partial charge in [0.2, 0.25) is 0 Å². The molecule has 0 radical (unpaired) electrons. The van der Waals surface area contributed by atoms with E-state index in [0.29, 0.717) is 0 Å². The summed E-state index contributed by atoms with van der Waals surface area (Å²) < 4.78 is 24.8. The van der Waals surface area contributed by atoms with Gasteiger partial charge in [0.05, 0.1) is 12.9 Å². The SMILES string of the molecule is O=c1c(I)c(Cl)ncn1CC(F)F. The van der Waals surface area contributed by atoms with E-state index in [2.05, 4.69) is 4.98 Å². The molecule has 0 atom stereocenters. The summed E-state index contributed by atoms with van der Waals surface area (Å²) in [5, 5.41) is 0.0381. The fourth-order valence-electron chi connectivity index (χ4n) is 0.723. The van der Waals surface area contributed by atoms with E-state index in [1.54, 1.807) is 22.6 Å². The minimum Gasteiger partial charge on any atom is -0.292 e. The molecule has 0 saturated heterocycles. The molecule has 0 saturated carbocycles. The molecule has 0 aliphatic rings. The summed E-state index contributed by atoms with van der Waals surface area (Å²) in [6, 6.07) is 0. The second-order valence-electron chi connectivity index (χ2n) is 2.20. The van der Waals surface area contributed by atoms with Gasteiger partial charge in [-0.3, -0.25) is 9.36 Å². The number of rotatable bonds is 2. The first-order chi connectivity index (χ1) is 6.02. The van der Waals surface area contributed by atoms with Crippen molar-refractivity contribution in [1.82, 2.24) is 9.55 Å². The van der Waals surface area contributed by atoms with Crippen molar-refractivity contribution < 1.29 is 8.78 Å². The molecule has 1 aromatic rings. The van der Waals surface area contributed by atoms with E-state index in [1.165, 1.54) is 0 Å². The average Bonchev–Trinajstić information content (AvgIpc) is 2.06. The number of alkyl halides is 2. The van der Waals surface area contributed by atoms with Crippen molar-refractivity contribution in [3.8, 4) is 0 Å². The lowest BCUT2D eigenvalue weighted by Gasteiger charge is -2.04. The summed E-state index contributed by atoms with van der Waals surface area (Å²) in [6.07, 6.45) is -1.56. The van der Waals surface area contributed by atoms with Gasteiger partial charge in [-0.2, -0.15) is 0 Å². The Labute approximate surface area is 90.9 Å². The molecule has 7 heteroatoms. The second-order valence-corrected chi connectivity index (χ2v) is 3.63. The number of halogens is 4. The van der Waals surface area contributed by atoms with Gasteiger partial charge in [-0.15, -0.1) is 0 Å². The standard InChI is InChI=1S/C6H4ClF2IN2O/c7-5-4(10)6(13)12(2-11-5)1-3(8)9/h2-3H,1H2. The summed E-state index contributed by atoms with van der Waals surface area (Å²) in [5.74, 6) is 0. The fourth-order valence-corrected chi connectivity index (χ4v) is 1.30. The van der Waals surface area contributed by atoms with Gasteiger partial charge in [-0.05, 0) is 22.6 Å². The highest BCUT2D eigenvalue weighted by atomic mass is 127. The topological polar surface area (TPSA) is 34.9 Å². The van der Waals surface area contributed by atoms with E-state index in [1.807, 2.05) is 0 Å². The van der Waals surface area contributed by atoms with Crippen LogP contribution < -0.4 is 5.56 Å². The van der Waals surface area contributed by atoms with Gasteiger partial charge in [-0.1, -0.05) is 11.6 Å². The molecule has 0 fully saturated rings. The normalized spacial score (nSPS) is 10.8.